The lowest BCUT2D eigenvalue weighted by molar-refractivity contribution is -0.146. The highest BCUT2D eigenvalue weighted by Crippen LogP contribution is 2.38. The molecule has 240 valence electrons. The molecule has 7 atom stereocenters. The van der Waals surface area contributed by atoms with Crippen molar-refractivity contribution in [2.75, 3.05) is 6.61 Å². The third-order valence-electron chi connectivity index (χ3n) is 8.92. The molecule has 0 aromatic carbocycles. The lowest BCUT2D eigenvalue weighted by atomic mass is 9.91. The Labute approximate surface area is 261 Å². The molecular weight excluding hydrogens is 556 g/mol. The fourth-order valence-electron chi connectivity index (χ4n) is 5.48. The topological polar surface area (TPSA) is 74.2 Å². The number of aliphatic hydroxyl groups excluding tert-OH is 1. The average Bonchev–Trinajstić information content (AvgIpc) is 2.89. The molecule has 7 heteroatoms. The van der Waals surface area contributed by atoms with E-state index in [4.69, 9.17) is 18.6 Å². The zero-order valence-corrected chi connectivity index (χ0v) is 28.6. The summed E-state index contributed by atoms with van der Waals surface area (Å²) in [6.07, 6.45) is 20.8. The maximum atomic E-state index is 13.2. The van der Waals surface area contributed by atoms with E-state index in [1.807, 2.05) is 18.2 Å². The molecule has 6 nitrogen and oxygen atoms in total. The molecule has 43 heavy (non-hydrogen) atoms. The van der Waals surface area contributed by atoms with Gasteiger partial charge in [-0.05, 0) is 69.5 Å². The maximum Gasteiger partial charge on any atom is 0.330 e. The molecule has 0 aromatic rings. The van der Waals surface area contributed by atoms with Crippen LogP contribution in [-0.4, -0.2) is 62.6 Å². The number of cyclic esters (lactones) is 1. The summed E-state index contributed by atoms with van der Waals surface area (Å²) in [6, 6.07) is 0. The van der Waals surface area contributed by atoms with Crippen molar-refractivity contribution in [3.05, 3.63) is 72.4 Å². The molecule has 0 saturated heterocycles. The Balaban J connectivity index is 1.89. The molecule has 7 unspecified atom stereocenters. The zero-order chi connectivity index (χ0) is 31.6. The summed E-state index contributed by atoms with van der Waals surface area (Å²) in [7, 11) is -2.25. The minimum Gasteiger partial charge on any atom is -0.456 e. The molecular formula is C36H56O6Si. The first-order valence-corrected chi connectivity index (χ1v) is 19.0. The van der Waals surface area contributed by atoms with E-state index in [0.717, 1.165) is 31.3 Å². The second-order valence-corrected chi connectivity index (χ2v) is 18.9. The lowest BCUT2D eigenvalue weighted by Crippen LogP contribution is -2.47. The van der Waals surface area contributed by atoms with Gasteiger partial charge >= 0.3 is 5.97 Å². The van der Waals surface area contributed by atoms with E-state index in [-0.39, 0.29) is 23.4 Å². The molecule has 2 bridgehead atoms. The van der Waals surface area contributed by atoms with Crippen molar-refractivity contribution in [2.24, 2.45) is 5.92 Å². The van der Waals surface area contributed by atoms with Crippen molar-refractivity contribution >= 4 is 14.3 Å². The van der Waals surface area contributed by atoms with Crippen LogP contribution in [0.2, 0.25) is 18.1 Å². The number of fused-ring (bicyclic) bond motifs is 2. The van der Waals surface area contributed by atoms with Crippen LogP contribution in [0.15, 0.2) is 72.4 Å². The largest absolute Gasteiger partial charge is 0.456 e. The summed E-state index contributed by atoms with van der Waals surface area (Å²) in [5, 5.41) is 10.8. The van der Waals surface area contributed by atoms with Crippen LogP contribution in [0.3, 0.4) is 0 Å². The normalized spacial score (nSPS) is 32.8. The fourth-order valence-corrected chi connectivity index (χ4v) is 6.75. The van der Waals surface area contributed by atoms with Gasteiger partial charge in [-0.3, -0.25) is 0 Å². The third-order valence-corrected chi connectivity index (χ3v) is 13.4. The van der Waals surface area contributed by atoms with Crippen molar-refractivity contribution in [1.29, 1.82) is 0 Å². The first-order valence-electron chi connectivity index (χ1n) is 16.1. The lowest BCUT2D eigenvalue weighted by Gasteiger charge is -2.40. The van der Waals surface area contributed by atoms with E-state index in [1.165, 1.54) is 11.6 Å². The number of esters is 1. The van der Waals surface area contributed by atoms with Gasteiger partial charge in [-0.25, -0.2) is 4.79 Å². The Morgan fingerprint density at radius 1 is 1.09 bits per heavy atom. The molecule has 3 aliphatic heterocycles. The summed E-state index contributed by atoms with van der Waals surface area (Å²) >= 11 is 0. The van der Waals surface area contributed by atoms with Gasteiger partial charge in [-0.15, -0.1) is 0 Å². The minimum absolute atomic E-state index is 0.0336. The Morgan fingerprint density at radius 3 is 2.56 bits per heavy atom. The maximum absolute atomic E-state index is 13.2. The fraction of sp³-hybridized carbons (Fsp3) is 0.639. The third kappa shape index (κ3) is 12.1. The molecule has 3 rings (SSSR count). The van der Waals surface area contributed by atoms with Crippen LogP contribution in [0.4, 0.5) is 0 Å². The van der Waals surface area contributed by atoms with Gasteiger partial charge in [0.25, 0.3) is 0 Å². The highest BCUT2D eigenvalue weighted by Gasteiger charge is 2.41. The van der Waals surface area contributed by atoms with E-state index < -0.39 is 32.6 Å². The Morgan fingerprint density at radius 2 is 1.84 bits per heavy atom. The van der Waals surface area contributed by atoms with E-state index >= 15 is 0 Å². The summed E-state index contributed by atoms with van der Waals surface area (Å²) < 4.78 is 25.3. The first kappa shape index (κ1) is 35.4. The minimum atomic E-state index is -2.25. The molecule has 0 spiro atoms. The van der Waals surface area contributed by atoms with Crippen LogP contribution in [0.5, 0.6) is 0 Å². The molecule has 0 radical (unpaired) electrons. The van der Waals surface area contributed by atoms with Crippen molar-refractivity contribution in [3.8, 4) is 0 Å². The van der Waals surface area contributed by atoms with Gasteiger partial charge in [-0.2, -0.15) is 0 Å². The predicted octanol–water partition coefficient (Wildman–Crippen LogP) is 7.92. The first-order chi connectivity index (χ1) is 20.2. The number of hydrogen-bond acceptors (Lipinski definition) is 6. The monoisotopic (exact) mass is 612 g/mol. The van der Waals surface area contributed by atoms with Crippen molar-refractivity contribution in [2.45, 2.75) is 134 Å². The molecule has 0 saturated carbocycles. The summed E-state index contributed by atoms with van der Waals surface area (Å²) in [6.45, 7) is 20.2. The molecule has 1 N–H and O–H groups in total. The van der Waals surface area contributed by atoms with Crippen LogP contribution >= 0.6 is 0 Å². The number of rotatable bonds is 5. The zero-order valence-electron chi connectivity index (χ0n) is 27.6. The van der Waals surface area contributed by atoms with Gasteiger partial charge in [0.2, 0.25) is 0 Å². The summed E-state index contributed by atoms with van der Waals surface area (Å²) in [5.74, 6) is -0.00889. The van der Waals surface area contributed by atoms with Gasteiger partial charge in [0.05, 0.1) is 31.0 Å². The Bertz CT molecular complexity index is 1080. The molecule has 0 aromatic heterocycles. The second-order valence-electron chi connectivity index (χ2n) is 14.2. The number of carbonyl (C=O) groups excluding carboxylic acids is 1. The SMILES string of the molecule is C=C1CC(O)/C=C\CC(C(C=CC2CC(C)=CCO2)O[Si](C)(C)C(C)(C)C)OC(=O)/C=C\CC2C=CCC(CC(C)C1)O2. The van der Waals surface area contributed by atoms with Crippen LogP contribution < -0.4 is 0 Å². The van der Waals surface area contributed by atoms with Crippen LogP contribution in [-0.2, 0) is 23.4 Å². The quantitative estimate of drug-likeness (QED) is 0.193. The van der Waals surface area contributed by atoms with Crippen LogP contribution in [0, 0.1) is 5.92 Å². The molecule has 3 aliphatic rings. The van der Waals surface area contributed by atoms with Gasteiger partial charge in [0.15, 0.2) is 8.32 Å². The number of hydrogen-bond donors (Lipinski definition) is 1. The molecule has 0 fully saturated rings. The van der Waals surface area contributed by atoms with E-state index in [2.05, 4.69) is 78.6 Å². The second kappa shape index (κ2) is 16.3. The average molecular weight is 613 g/mol. The summed E-state index contributed by atoms with van der Waals surface area (Å²) in [5.41, 5.74) is 2.32. The van der Waals surface area contributed by atoms with Crippen molar-refractivity contribution in [3.63, 3.8) is 0 Å². The Kier molecular flexibility index (Phi) is 13.5. The van der Waals surface area contributed by atoms with Gasteiger partial charge < -0.3 is 23.7 Å². The van der Waals surface area contributed by atoms with Crippen molar-refractivity contribution < 1.29 is 28.5 Å². The standard InChI is InChI=1S/C36H56O6Si/c1-26-20-21-39-31(24-26)18-19-34(42-43(7,8)36(4,5)6)33-16-9-12-29(37)23-27(2)22-28(3)25-32-15-10-13-30(40-32)14-11-17-35(38)41-33/h9-13,17-20,28-34,37H,2,14-16,21-25H2,1,3-8H3/b12-9-,17-11-,19-18?. The van der Waals surface area contributed by atoms with E-state index in [1.54, 1.807) is 6.08 Å². The highest BCUT2D eigenvalue weighted by molar-refractivity contribution is 6.74. The van der Waals surface area contributed by atoms with Gasteiger partial charge in [-0.1, -0.05) is 94.0 Å². The summed E-state index contributed by atoms with van der Waals surface area (Å²) in [4.78, 5) is 13.2. The van der Waals surface area contributed by atoms with Gasteiger partial charge in [0.1, 0.15) is 12.2 Å². The van der Waals surface area contributed by atoms with E-state index in [0.29, 0.717) is 31.8 Å². The highest BCUT2D eigenvalue weighted by atomic mass is 28.4. The van der Waals surface area contributed by atoms with Crippen LogP contribution in [0.25, 0.3) is 0 Å². The van der Waals surface area contributed by atoms with E-state index in [9.17, 15) is 9.90 Å². The predicted molar refractivity (Wildman–Crippen MR) is 177 cm³/mol. The number of ether oxygens (including phenoxy) is 3. The number of carbonyl (C=O) groups is 1. The van der Waals surface area contributed by atoms with Gasteiger partial charge in [0, 0.05) is 12.5 Å². The number of aliphatic hydroxyl groups is 1. The molecule has 0 amide bonds. The molecule has 0 aliphatic carbocycles. The molecule has 3 heterocycles. The Hall–Kier alpha value is -2.03. The smallest absolute Gasteiger partial charge is 0.330 e. The van der Waals surface area contributed by atoms with Crippen LogP contribution in [0.1, 0.15) is 79.6 Å². The van der Waals surface area contributed by atoms with Crippen molar-refractivity contribution in [1.82, 2.24) is 0 Å².